The molecule has 1 aromatic heterocycles. The van der Waals surface area contributed by atoms with E-state index in [4.69, 9.17) is 11.6 Å². The summed E-state index contributed by atoms with van der Waals surface area (Å²) in [5.74, 6) is 0. The zero-order valence-electron chi connectivity index (χ0n) is 9.28. The number of aryl methyl sites for hydroxylation is 1. The number of hydrogen-bond donors (Lipinski definition) is 1. The van der Waals surface area contributed by atoms with Gasteiger partial charge in [0.1, 0.15) is 0 Å². The summed E-state index contributed by atoms with van der Waals surface area (Å²) in [6.45, 7) is 2.03. The fraction of sp³-hybridized carbons (Fsp3) is 0.231. The van der Waals surface area contributed by atoms with Gasteiger partial charge in [0.05, 0.1) is 6.10 Å². The highest BCUT2D eigenvalue weighted by atomic mass is 79.9. The SMILES string of the molecule is Cc1sc(C(O)Cc2ccccc2Cl)cc1Br. The van der Waals surface area contributed by atoms with Gasteiger partial charge in [-0.15, -0.1) is 11.3 Å². The normalized spacial score (nSPS) is 12.7. The van der Waals surface area contributed by atoms with Crippen LogP contribution in [0.3, 0.4) is 0 Å². The number of aliphatic hydroxyl groups excluding tert-OH is 1. The first kappa shape index (κ1) is 13.1. The van der Waals surface area contributed by atoms with E-state index in [0.29, 0.717) is 11.4 Å². The number of rotatable bonds is 3. The van der Waals surface area contributed by atoms with Crippen molar-refractivity contribution in [2.24, 2.45) is 0 Å². The van der Waals surface area contributed by atoms with Gasteiger partial charge in [0.2, 0.25) is 0 Å². The van der Waals surface area contributed by atoms with E-state index >= 15 is 0 Å². The van der Waals surface area contributed by atoms with E-state index in [9.17, 15) is 5.11 Å². The molecule has 90 valence electrons. The van der Waals surface area contributed by atoms with Crippen LogP contribution in [0.2, 0.25) is 5.02 Å². The second-order valence-electron chi connectivity index (χ2n) is 3.86. The maximum Gasteiger partial charge on any atom is 0.0923 e. The number of aliphatic hydroxyl groups is 1. The molecule has 1 aromatic carbocycles. The van der Waals surface area contributed by atoms with Crippen molar-refractivity contribution in [1.29, 1.82) is 0 Å². The lowest BCUT2D eigenvalue weighted by Gasteiger charge is -2.09. The summed E-state index contributed by atoms with van der Waals surface area (Å²) in [7, 11) is 0. The molecule has 2 aromatic rings. The van der Waals surface area contributed by atoms with E-state index in [-0.39, 0.29) is 0 Å². The van der Waals surface area contributed by atoms with Crippen LogP contribution in [0.5, 0.6) is 0 Å². The molecule has 0 bridgehead atoms. The van der Waals surface area contributed by atoms with Crippen molar-refractivity contribution < 1.29 is 5.11 Å². The molecular formula is C13H12BrClOS. The topological polar surface area (TPSA) is 20.2 Å². The number of thiophene rings is 1. The molecule has 0 fully saturated rings. The van der Waals surface area contributed by atoms with Gasteiger partial charge < -0.3 is 5.11 Å². The van der Waals surface area contributed by atoms with Crippen LogP contribution >= 0.6 is 38.9 Å². The molecular weight excluding hydrogens is 320 g/mol. The van der Waals surface area contributed by atoms with Gasteiger partial charge in [-0.05, 0) is 40.5 Å². The second-order valence-corrected chi connectivity index (χ2v) is 6.41. The Balaban J connectivity index is 2.17. The van der Waals surface area contributed by atoms with E-state index in [1.54, 1.807) is 11.3 Å². The van der Waals surface area contributed by atoms with Gasteiger partial charge in [-0.1, -0.05) is 29.8 Å². The number of benzene rings is 1. The minimum absolute atomic E-state index is 0.495. The third-order valence-corrected chi connectivity index (χ3v) is 5.18. The van der Waals surface area contributed by atoms with Crippen LogP contribution in [0.1, 0.15) is 21.4 Å². The summed E-state index contributed by atoms with van der Waals surface area (Å²) >= 11 is 11.1. The largest absolute Gasteiger partial charge is 0.387 e. The molecule has 17 heavy (non-hydrogen) atoms. The molecule has 0 aliphatic heterocycles. The summed E-state index contributed by atoms with van der Waals surface area (Å²) in [5, 5.41) is 10.9. The summed E-state index contributed by atoms with van der Waals surface area (Å²) in [5.41, 5.74) is 0.976. The minimum Gasteiger partial charge on any atom is -0.387 e. The van der Waals surface area contributed by atoms with Crippen molar-refractivity contribution in [3.8, 4) is 0 Å². The van der Waals surface area contributed by atoms with Crippen LogP contribution in [0.15, 0.2) is 34.8 Å². The van der Waals surface area contributed by atoms with Gasteiger partial charge in [0, 0.05) is 25.7 Å². The molecule has 0 amide bonds. The maximum atomic E-state index is 10.2. The molecule has 0 radical (unpaired) electrons. The lowest BCUT2D eigenvalue weighted by atomic mass is 10.1. The smallest absolute Gasteiger partial charge is 0.0923 e. The average Bonchev–Trinajstić information content (AvgIpc) is 2.63. The lowest BCUT2D eigenvalue weighted by molar-refractivity contribution is 0.182. The Morgan fingerprint density at radius 3 is 2.71 bits per heavy atom. The lowest BCUT2D eigenvalue weighted by Crippen LogP contribution is -1.99. The van der Waals surface area contributed by atoms with Gasteiger partial charge in [0.25, 0.3) is 0 Å². The average molecular weight is 332 g/mol. The Bertz CT molecular complexity index is 504. The van der Waals surface area contributed by atoms with E-state index in [1.165, 1.54) is 4.88 Å². The fourth-order valence-corrected chi connectivity index (χ4v) is 3.38. The second kappa shape index (κ2) is 5.53. The third-order valence-electron chi connectivity index (χ3n) is 2.58. The monoisotopic (exact) mass is 330 g/mol. The Morgan fingerprint density at radius 1 is 1.41 bits per heavy atom. The van der Waals surface area contributed by atoms with Crippen molar-refractivity contribution in [3.05, 3.63) is 55.1 Å². The Kier molecular flexibility index (Phi) is 4.26. The van der Waals surface area contributed by atoms with E-state index < -0.39 is 6.10 Å². The molecule has 1 atom stereocenters. The summed E-state index contributed by atoms with van der Waals surface area (Å²) in [4.78, 5) is 2.15. The number of halogens is 2. The summed E-state index contributed by atoms with van der Waals surface area (Å²) in [6.07, 6.45) is 0.0522. The van der Waals surface area contributed by atoms with Gasteiger partial charge in [0.15, 0.2) is 0 Å². The van der Waals surface area contributed by atoms with Crippen molar-refractivity contribution in [2.75, 3.05) is 0 Å². The predicted molar refractivity (Wildman–Crippen MR) is 76.9 cm³/mol. The standard InChI is InChI=1S/C13H12BrClOS/c1-8-10(14)7-13(17-8)12(16)6-9-4-2-3-5-11(9)15/h2-5,7,12,16H,6H2,1H3. The maximum absolute atomic E-state index is 10.2. The zero-order valence-corrected chi connectivity index (χ0v) is 12.4. The molecule has 0 saturated heterocycles. The third kappa shape index (κ3) is 3.10. The molecule has 0 aliphatic carbocycles. The molecule has 1 heterocycles. The summed E-state index contributed by atoms with van der Waals surface area (Å²) < 4.78 is 1.05. The predicted octanol–water partition coefficient (Wildman–Crippen LogP) is 4.75. The Morgan fingerprint density at radius 2 is 2.12 bits per heavy atom. The highest BCUT2D eigenvalue weighted by Gasteiger charge is 2.14. The molecule has 0 aliphatic rings. The molecule has 4 heteroatoms. The molecule has 1 nitrogen and oxygen atoms in total. The van der Waals surface area contributed by atoms with Crippen molar-refractivity contribution >= 4 is 38.9 Å². The van der Waals surface area contributed by atoms with Gasteiger partial charge >= 0.3 is 0 Å². The van der Waals surface area contributed by atoms with E-state index in [0.717, 1.165) is 14.9 Å². The van der Waals surface area contributed by atoms with Crippen LogP contribution in [0.4, 0.5) is 0 Å². The van der Waals surface area contributed by atoms with E-state index in [1.807, 2.05) is 37.3 Å². The summed E-state index contributed by atoms with van der Waals surface area (Å²) in [6, 6.07) is 9.59. The minimum atomic E-state index is -0.495. The van der Waals surface area contributed by atoms with Crippen LogP contribution in [-0.4, -0.2) is 5.11 Å². The van der Waals surface area contributed by atoms with Gasteiger partial charge in [-0.2, -0.15) is 0 Å². The molecule has 1 N–H and O–H groups in total. The van der Waals surface area contributed by atoms with Crippen LogP contribution < -0.4 is 0 Å². The first-order valence-corrected chi connectivity index (χ1v) is 7.24. The fourth-order valence-electron chi connectivity index (χ4n) is 1.62. The molecule has 0 spiro atoms. The van der Waals surface area contributed by atoms with Crippen molar-refractivity contribution in [1.82, 2.24) is 0 Å². The Labute approximate surface area is 118 Å². The first-order valence-electron chi connectivity index (χ1n) is 5.25. The zero-order chi connectivity index (χ0) is 12.4. The van der Waals surface area contributed by atoms with Crippen molar-refractivity contribution in [2.45, 2.75) is 19.4 Å². The first-order chi connectivity index (χ1) is 8.08. The van der Waals surface area contributed by atoms with Gasteiger partial charge in [-0.3, -0.25) is 0 Å². The van der Waals surface area contributed by atoms with E-state index in [2.05, 4.69) is 15.9 Å². The molecule has 1 unspecified atom stereocenters. The van der Waals surface area contributed by atoms with Crippen LogP contribution in [-0.2, 0) is 6.42 Å². The quantitative estimate of drug-likeness (QED) is 0.860. The highest BCUT2D eigenvalue weighted by molar-refractivity contribution is 9.10. The molecule has 0 saturated carbocycles. The Hall–Kier alpha value is -0.350. The van der Waals surface area contributed by atoms with Crippen LogP contribution in [0, 0.1) is 6.92 Å². The van der Waals surface area contributed by atoms with Crippen LogP contribution in [0.25, 0.3) is 0 Å². The highest BCUT2D eigenvalue weighted by Crippen LogP contribution is 2.32. The number of hydrogen-bond acceptors (Lipinski definition) is 2. The van der Waals surface area contributed by atoms with Crippen molar-refractivity contribution in [3.63, 3.8) is 0 Å². The van der Waals surface area contributed by atoms with Gasteiger partial charge in [-0.25, -0.2) is 0 Å². The molecule has 2 rings (SSSR count).